The Kier molecular flexibility index (Phi) is 7.62. The van der Waals surface area contributed by atoms with Crippen molar-refractivity contribution in [2.75, 3.05) is 18.1 Å². The molecule has 182 valence electrons. The molecule has 0 bridgehead atoms. The highest BCUT2D eigenvalue weighted by Crippen LogP contribution is 2.48. The molecule has 1 amide bonds. The van der Waals surface area contributed by atoms with Gasteiger partial charge in [0.15, 0.2) is 0 Å². The van der Waals surface area contributed by atoms with Gasteiger partial charge in [0.2, 0.25) is 0 Å². The molecule has 0 aliphatic carbocycles. The standard InChI is InChI=1S/C23H22Cl3F3N4O/c24-15-7-5-14(6-8-15)21-19(23(27,28)29)20(22(34)31-32-11-3-1-2-4-12-32)30-33(21)18-10-9-16(25)13-17(18)26/h5-10,13,19,21H,1-4,11-12H2,(H,31,34)/t19-,21+/m0/s1. The molecule has 0 radical (unpaired) electrons. The number of carbonyl (C=O) groups excluding carboxylic acids is 1. The largest absolute Gasteiger partial charge is 0.399 e. The molecule has 1 saturated heterocycles. The van der Waals surface area contributed by atoms with E-state index in [1.165, 1.54) is 42.5 Å². The van der Waals surface area contributed by atoms with E-state index in [2.05, 4.69) is 10.5 Å². The Morgan fingerprint density at radius 3 is 2.15 bits per heavy atom. The van der Waals surface area contributed by atoms with E-state index in [1.807, 2.05) is 0 Å². The topological polar surface area (TPSA) is 47.9 Å². The molecule has 11 heteroatoms. The van der Waals surface area contributed by atoms with Gasteiger partial charge in [0, 0.05) is 23.1 Å². The number of hydrogen-bond donors (Lipinski definition) is 1. The first-order chi connectivity index (χ1) is 16.1. The van der Waals surface area contributed by atoms with Gasteiger partial charge in [-0.1, -0.05) is 59.8 Å². The predicted molar refractivity (Wildman–Crippen MR) is 128 cm³/mol. The van der Waals surface area contributed by atoms with Crippen LogP contribution in [0.25, 0.3) is 0 Å². The van der Waals surface area contributed by atoms with Crippen LogP contribution in [0.3, 0.4) is 0 Å². The highest BCUT2D eigenvalue weighted by molar-refractivity contribution is 6.41. The van der Waals surface area contributed by atoms with E-state index in [0.717, 1.165) is 30.7 Å². The lowest BCUT2D eigenvalue weighted by molar-refractivity contribution is -0.160. The molecule has 34 heavy (non-hydrogen) atoms. The zero-order valence-corrected chi connectivity index (χ0v) is 20.2. The molecule has 4 rings (SSSR count). The average molecular weight is 534 g/mol. The number of amides is 1. The van der Waals surface area contributed by atoms with Gasteiger partial charge in [0.1, 0.15) is 11.6 Å². The number of anilines is 1. The van der Waals surface area contributed by atoms with Gasteiger partial charge in [-0.25, -0.2) is 5.01 Å². The summed E-state index contributed by atoms with van der Waals surface area (Å²) in [5, 5.41) is 7.83. The highest BCUT2D eigenvalue weighted by atomic mass is 35.5. The van der Waals surface area contributed by atoms with Crippen molar-refractivity contribution in [2.45, 2.75) is 37.9 Å². The third-order valence-electron chi connectivity index (χ3n) is 5.91. The number of carbonyl (C=O) groups is 1. The van der Waals surface area contributed by atoms with Gasteiger partial charge in [-0.15, -0.1) is 0 Å². The summed E-state index contributed by atoms with van der Waals surface area (Å²) in [7, 11) is 0. The van der Waals surface area contributed by atoms with Crippen LogP contribution in [0.5, 0.6) is 0 Å². The molecule has 2 aliphatic heterocycles. The summed E-state index contributed by atoms with van der Waals surface area (Å²) in [4.78, 5) is 13.1. The summed E-state index contributed by atoms with van der Waals surface area (Å²) in [6.07, 6.45) is -1.02. The minimum Gasteiger partial charge on any atom is -0.284 e. The van der Waals surface area contributed by atoms with E-state index in [-0.39, 0.29) is 10.7 Å². The van der Waals surface area contributed by atoms with E-state index >= 15 is 0 Å². The molecule has 2 aliphatic rings. The Labute approximate surface area is 210 Å². The summed E-state index contributed by atoms with van der Waals surface area (Å²) < 4.78 is 43.5. The van der Waals surface area contributed by atoms with E-state index < -0.39 is 29.8 Å². The van der Waals surface area contributed by atoms with Crippen LogP contribution in [0.4, 0.5) is 18.9 Å². The van der Waals surface area contributed by atoms with Crippen molar-refractivity contribution in [3.05, 3.63) is 63.1 Å². The van der Waals surface area contributed by atoms with Crippen LogP contribution >= 0.6 is 34.8 Å². The molecule has 1 fully saturated rings. The number of hydrogen-bond acceptors (Lipinski definition) is 4. The first-order valence-electron chi connectivity index (χ1n) is 10.9. The fourth-order valence-corrected chi connectivity index (χ4v) is 4.92. The first kappa shape index (κ1) is 25.1. The van der Waals surface area contributed by atoms with Crippen LogP contribution in [0.15, 0.2) is 47.6 Å². The minimum atomic E-state index is -4.76. The molecule has 0 unspecified atom stereocenters. The van der Waals surface area contributed by atoms with Crippen LogP contribution in [0, 0.1) is 5.92 Å². The Hall–Kier alpha value is -2.00. The second-order valence-corrected chi connectivity index (χ2v) is 9.56. The summed E-state index contributed by atoms with van der Waals surface area (Å²) in [6, 6.07) is 9.05. The van der Waals surface area contributed by atoms with Crippen LogP contribution in [0.1, 0.15) is 37.3 Å². The molecule has 0 saturated carbocycles. The van der Waals surface area contributed by atoms with Crippen molar-refractivity contribution in [2.24, 2.45) is 11.0 Å². The van der Waals surface area contributed by atoms with E-state index in [0.29, 0.717) is 28.7 Å². The van der Waals surface area contributed by atoms with E-state index in [1.54, 1.807) is 5.01 Å². The quantitative estimate of drug-likeness (QED) is 0.479. The maximum absolute atomic E-state index is 14.5. The van der Waals surface area contributed by atoms with Gasteiger partial charge in [0.05, 0.1) is 16.8 Å². The van der Waals surface area contributed by atoms with Crippen LogP contribution < -0.4 is 10.4 Å². The predicted octanol–water partition coefficient (Wildman–Crippen LogP) is 6.65. The van der Waals surface area contributed by atoms with Gasteiger partial charge < -0.3 is 0 Å². The van der Waals surface area contributed by atoms with Crippen molar-refractivity contribution in [3.63, 3.8) is 0 Å². The van der Waals surface area contributed by atoms with Crippen molar-refractivity contribution in [1.82, 2.24) is 10.4 Å². The Balaban J connectivity index is 1.78. The summed E-state index contributed by atoms with van der Waals surface area (Å²) in [6.45, 7) is 1.14. The molecule has 0 spiro atoms. The number of halogens is 6. The van der Waals surface area contributed by atoms with Crippen LogP contribution in [-0.4, -0.2) is 35.9 Å². The second kappa shape index (κ2) is 10.3. The zero-order chi connectivity index (χ0) is 24.5. The number of rotatable bonds is 4. The monoisotopic (exact) mass is 532 g/mol. The van der Waals surface area contributed by atoms with Crippen molar-refractivity contribution in [3.8, 4) is 0 Å². The Bertz CT molecular complexity index is 1070. The first-order valence-corrected chi connectivity index (χ1v) is 12.0. The second-order valence-electron chi connectivity index (χ2n) is 8.28. The van der Waals surface area contributed by atoms with Gasteiger partial charge in [0.25, 0.3) is 5.91 Å². The summed E-state index contributed by atoms with van der Waals surface area (Å²) in [5.74, 6) is -3.07. The third kappa shape index (κ3) is 5.46. The lowest BCUT2D eigenvalue weighted by Gasteiger charge is -2.30. The molecule has 5 nitrogen and oxygen atoms in total. The molecule has 0 aromatic heterocycles. The van der Waals surface area contributed by atoms with Gasteiger partial charge in [-0.05, 0) is 48.7 Å². The number of nitrogens with one attached hydrogen (secondary N) is 1. The van der Waals surface area contributed by atoms with Crippen molar-refractivity contribution < 1.29 is 18.0 Å². The smallest absolute Gasteiger partial charge is 0.284 e. The number of alkyl halides is 3. The van der Waals surface area contributed by atoms with E-state index in [4.69, 9.17) is 34.8 Å². The maximum Gasteiger partial charge on any atom is 0.399 e. The highest BCUT2D eigenvalue weighted by Gasteiger charge is 2.56. The van der Waals surface area contributed by atoms with Gasteiger partial charge >= 0.3 is 6.18 Å². The third-order valence-corrected chi connectivity index (χ3v) is 6.70. The average Bonchev–Trinajstić information content (AvgIpc) is 2.99. The molecular formula is C23H22Cl3F3N4O. The number of nitrogens with zero attached hydrogens (tertiary/aromatic N) is 3. The van der Waals surface area contributed by atoms with E-state index in [9.17, 15) is 18.0 Å². The van der Waals surface area contributed by atoms with Crippen LogP contribution in [-0.2, 0) is 4.79 Å². The molecule has 1 N–H and O–H groups in total. The zero-order valence-electron chi connectivity index (χ0n) is 18.0. The molecular weight excluding hydrogens is 512 g/mol. The lowest BCUT2D eigenvalue weighted by atomic mass is 9.88. The Morgan fingerprint density at radius 2 is 1.56 bits per heavy atom. The van der Waals surface area contributed by atoms with Crippen LogP contribution in [0.2, 0.25) is 15.1 Å². The number of hydrazine groups is 1. The van der Waals surface area contributed by atoms with Crippen molar-refractivity contribution in [1.29, 1.82) is 0 Å². The SMILES string of the molecule is O=C(NN1CCCCCC1)C1=NN(c2ccc(Cl)cc2Cl)[C@H](c2ccc(Cl)cc2)[C@H]1C(F)(F)F. The normalized spacial score (nSPS) is 21.8. The summed E-state index contributed by atoms with van der Waals surface area (Å²) in [5.41, 5.74) is 2.52. The number of hydrazone groups is 1. The fourth-order valence-electron chi connectivity index (χ4n) is 4.30. The van der Waals surface area contributed by atoms with Gasteiger partial charge in [-0.3, -0.25) is 15.2 Å². The maximum atomic E-state index is 14.5. The molecule has 2 atom stereocenters. The molecule has 2 heterocycles. The van der Waals surface area contributed by atoms with Gasteiger partial charge in [-0.2, -0.15) is 18.3 Å². The minimum absolute atomic E-state index is 0.116. The fraction of sp³-hybridized carbons (Fsp3) is 0.391. The molecule has 2 aromatic rings. The number of benzene rings is 2. The molecule has 2 aromatic carbocycles. The lowest BCUT2D eigenvalue weighted by Crippen LogP contribution is -2.49. The van der Waals surface area contributed by atoms with Crippen molar-refractivity contribution >= 4 is 52.1 Å². The summed E-state index contributed by atoms with van der Waals surface area (Å²) >= 11 is 18.3. The Morgan fingerprint density at radius 1 is 0.941 bits per heavy atom.